The molecule has 1 atom stereocenters. The van der Waals surface area contributed by atoms with Gasteiger partial charge < -0.3 is 10.2 Å². The topological polar surface area (TPSA) is 74.2 Å². The van der Waals surface area contributed by atoms with Crippen molar-refractivity contribution in [2.75, 3.05) is 39.0 Å². The number of rotatable bonds is 6. The van der Waals surface area contributed by atoms with Gasteiger partial charge >= 0.3 is 0 Å². The molecule has 1 amide bonds. The molecule has 1 aliphatic heterocycles. The van der Waals surface area contributed by atoms with Gasteiger partial charge in [0.2, 0.25) is 5.91 Å². The molecule has 1 aliphatic rings. The zero-order valence-electron chi connectivity index (χ0n) is 15.8. The fraction of sp³-hybridized carbons (Fsp3) is 0.368. The van der Waals surface area contributed by atoms with Crippen molar-refractivity contribution >= 4 is 34.4 Å². The number of likely N-dealkylation sites (tertiary alicyclic amines) is 1. The van der Waals surface area contributed by atoms with Crippen LogP contribution in [-0.2, 0) is 4.79 Å². The van der Waals surface area contributed by atoms with Gasteiger partial charge in [-0.1, -0.05) is 6.07 Å². The van der Waals surface area contributed by atoms with E-state index in [2.05, 4.69) is 44.2 Å². The number of thiazole rings is 1. The van der Waals surface area contributed by atoms with Crippen LogP contribution in [0.3, 0.4) is 0 Å². The maximum atomic E-state index is 12.6. The molecular weight excluding hydrogens is 392 g/mol. The van der Waals surface area contributed by atoms with E-state index in [1.54, 1.807) is 23.6 Å². The number of likely N-dealkylation sites (N-methyl/N-ethyl adjacent to an activating group) is 1. The molecule has 0 spiro atoms. The first-order valence-electron chi connectivity index (χ1n) is 9.10. The van der Waals surface area contributed by atoms with E-state index in [-0.39, 0.29) is 5.91 Å². The van der Waals surface area contributed by atoms with Gasteiger partial charge in [-0.2, -0.15) is 0 Å². The molecule has 0 bridgehead atoms. The second-order valence-electron chi connectivity index (χ2n) is 6.97. The Hall–Kier alpha value is -2.20. The highest BCUT2D eigenvalue weighted by Gasteiger charge is 2.25. The Kier molecular flexibility index (Phi) is 5.77. The van der Waals surface area contributed by atoms with E-state index in [1.165, 1.54) is 11.3 Å². The number of thiophene rings is 1. The Morgan fingerprint density at radius 1 is 1.32 bits per heavy atom. The molecule has 0 aliphatic carbocycles. The highest BCUT2D eigenvalue weighted by Crippen LogP contribution is 2.28. The molecule has 1 N–H and O–H groups in total. The molecule has 146 valence electrons. The molecule has 7 nitrogen and oxygen atoms in total. The predicted octanol–water partition coefficient (Wildman–Crippen LogP) is 2.90. The monoisotopic (exact) mass is 414 g/mol. The molecule has 1 fully saturated rings. The van der Waals surface area contributed by atoms with Gasteiger partial charge in [-0.15, -0.1) is 22.7 Å². The van der Waals surface area contributed by atoms with Crippen LogP contribution in [0.5, 0.6) is 0 Å². The maximum absolute atomic E-state index is 12.6. The van der Waals surface area contributed by atoms with Crippen molar-refractivity contribution in [3.63, 3.8) is 0 Å². The van der Waals surface area contributed by atoms with Crippen LogP contribution in [0, 0.1) is 0 Å². The quantitative estimate of drug-likeness (QED) is 0.669. The van der Waals surface area contributed by atoms with Crippen molar-refractivity contribution in [3.8, 4) is 21.4 Å². The summed E-state index contributed by atoms with van der Waals surface area (Å²) in [5, 5.41) is 7.66. The van der Waals surface area contributed by atoms with E-state index in [4.69, 9.17) is 0 Å². The Morgan fingerprint density at radius 3 is 2.89 bits per heavy atom. The summed E-state index contributed by atoms with van der Waals surface area (Å²) in [5.74, 6) is 1.06. The first-order chi connectivity index (χ1) is 13.6. The molecule has 0 unspecified atom stereocenters. The summed E-state index contributed by atoms with van der Waals surface area (Å²) < 4.78 is 0. The molecule has 4 rings (SSSR count). The van der Waals surface area contributed by atoms with Crippen LogP contribution in [-0.4, -0.2) is 70.4 Å². The van der Waals surface area contributed by atoms with Crippen LogP contribution in [0.2, 0.25) is 0 Å². The van der Waals surface area contributed by atoms with Crippen molar-refractivity contribution < 1.29 is 4.79 Å². The summed E-state index contributed by atoms with van der Waals surface area (Å²) in [6, 6.07) is 6.24. The number of hydrogen-bond donors (Lipinski definition) is 1. The van der Waals surface area contributed by atoms with Crippen molar-refractivity contribution in [2.45, 2.75) is 12.5 Å². The molecule has 9 heteroatoms. The van der Waals surface area contributed by atoms with Crippen LogP contribution in [0.25, 0.3) is 21.4 Å². The predicted molar refractivity (Wildman–Crippen MR) is 114 cm³/mol. The molecule has 3 aromatic heterocycles. The third-order valence-electron chi connectivity index (χ3n) is 4.73. The van der Waals surface area contributed by atoms with E-state index in [0.29, 0.717) is 24.2 Å². The fourth-order valence-corrected chi connectivity index (χ4v) is 4.50. The van der Waals surface area contributed by atoms with Crippen molar-refractivity contribution in [1.29, 1.82) is 0 Å². The van der Waals surface area contributed by atoms with E-state index in [9.17, 15) is 4.79 Å². The summed E-state index contributed by atoms with van der Waals surface area (Å²) in [6.45, 7) is 2.22. The molecule has 0 aromatic carbocycles. The molecule has 3 aromatic rings. The third-order valence-corrected chi connectivity index (χ3v) is 6.39. The van der Waals surface area contributed by atoms with Gasteiger partial charge in [0.1, 0.15) is 16.5 Å². The Labute approximate surface area is 172 Å². The van der Waals surface area contributed by atoms with Gasteiger partial charge in [0, 0.05) is 36.8 Å². The largest absolute Gasteiger partial charge is 0.309 e. The number of carbonyl (C=O) groups is 1. The smallest absolute Gasteiger partial charge is 0.239 e. The lowest BCUT2D eigenvalue weighted by molar-refractivity contribution is -0.117. The SMILES string of the molecule is CN(C)[C@@H]1CCN(CC(=O)Nc2cc(-c3nccs3)nc(-c3cccs3)n2)C1. The average molecular weight is 415 g/mol. The number of aromatic nitrogens is 3. The lowest BCUT2D eigenvalue weighted by Gasteiger charge is -2.20. The molecule has 0 radical (unpaired) electrons. The minimum Gasteiger partial charge on any atom is -0.309 e. The van der Waals surface area contributed by atoms with Crippen LogP contribution in [0.1, 0.15) is 6.42 Å². The van der Waals surface area contributed by atoms with Gasteiger partial charge in [0.05, 0.1) is 11.4 Å². The van der Waals surface area contributed by atoms with Crippen molar-refractivity contribution in [3.05, 3.63) is 35.2 Å². The second-order valence-corrected chi connectivity index (χ2v) is 8.81. The van der Waals surface area contributed by atoms with Crippen molar-refractivity contribution in [1.82, 2.24) is 24.8 Å². The number of nitrogens with one attached hydrogen (secondary N) is 1. The third kappa shape index (κ3) is 4.44. The minimum absolute atomic E-state index is 0.0553. The van der Waals surface area contributed by atoms with E-state index in [0.717, 1.165) is 35.1 Å². The maximum Gasteiger partial charge on any atom is 0.239 e. The van der Waals surface area contributed by atoms with Gasteiger partial charge in [-0.05, 0) is 32.0 Å². The number of anilines is 1. The van der Waals surface area contributed by atoms with E-state index >= 15 is 0 Å². The number of carbonyl (C=O) groups excluding carboxylic acids is 1. The molecular formula is C19H22N6OS2. The molecule has 1 saturated heterocycles. The highest BCUT2D eigenvalue weighted by molar-refractivity contribution is 7.13. The summed E-state index contributed by atoms with van der Waals surface area (Å²) in [6.07, 6.45) is 2.84. The minimum atomic E-state index is -0.0553. The Morgan fingerprint density at radius 2 is 2.21 bits per heavy atom. The van der Waals surface area contributed by atoms with Gasteiger partial charge in [0.25, 0.3) is 0 Å². The summed E-state index contributed by atoms with van der Waals surface area (Å²) in [7, 11) is 4.17. The van der Waals surface area contributed by atoms with Gasteiger partial charge in [-0.25, -0.2) is 15.0 Å². The number of amides is 1. The lowest BCUT2D eigenvalue weighted by Crippen LogP contribution is -2.35. The van der Waals surface area contributed by atoms with Crippen LogP contribution in [0.4, 0.5) is 5.82 Å². The zero-order valence-corrected chi connectivity index (χ0v) is 17.5. The van der Waals surface area contributed by atoms with Crippen LogP contribution >= 0.6 is 22.7 Å². The molecule has 0 saturated carbocycles. The first-order valence-corrected chi connectivity index (χ1v) is 10.9. The average Bonchev–Trinajstić information content (AvgIpc) is 3.43. The van der Waals surface area contributed by atoms with Gasteiger partial charge in [0.15, 0.2) is 5.82 Å². The number of nitrogens with zero attached hydrogens (tertiary/aromatic N) is 5. The fourth-order valence-electron chi connectivity index (χ4n) is 3.25. The molecule has 28 heavy (non-hydrogen) atoms. The van der Waals surface area contributed by atoms with Crippen LogP contribution < -0.4 is 5.32 Å². The van der Waals surface area contributed by atoms with Gasteiger partial charge in [-0.3, -0.25) is 9.69 Å². The zero-order chi connectivity index (χ0) is 19.5. The normalized spacial score (nSPS) is 17.3. The second kappa shape index (κ2) is 8.44. The first kappa shape index (κ1) is 19.1. The van der Waals surface area contributed by atoms with E-state index < -0.39 is 0 Å². The summed E-state index contributed by atoms with van der Waals surface area (Å²) in [5.41, 5.74) is 0.720. The summed E-state index contributed by atoms with van der Waals surface area (Å²) in [4.78, 5) is 31.5. The lowest BCUT2D eigenvalue weighted by atomic mass is 10.2. The Bertz CT molecular complexity index is 874. The summed E-state index contributed by atoms with van der Waals surface area (Å²) >= 11 is 3.09. The number of hydrogen-bond acceptors (Lipinski definition) is 8. The van der Waals surface area contributed by atoms with Crippen molar-refractivity contribution in [2.24, 2.45) is 0 Å². The highest BCUT2D eigenvalue weighted by atomic mass is 32.1. The standard InChI is InChI=1S/C19H22N6OS2/c1-24(2)13-5-7-25(11-13)12-17(26)22-16-10-14(19-20-6-9-28-19)21-18(23-16)15-4-3-8-27-15/h3-4,6,8-10,13H,5,7,11-12H2,1-2H3,(H,21,22,23,26)/t13-/m1/s1. The van der Waals surface area contributed by atoms with Crippen LogP contribution in [0.15, 0.2) is 35.2 Å². The molecule has 4 heterocycles. The Balaban J connectivity index is 1.51. The van der Waals surface area contributed by atoms with E-state index in [1.807, 2.05) is 22.9 Å².